The molecule has 0 unspecified atom stereocenters. The van der Waals surface area contributed by atoms with Crippen LogP contribution in [0.25, 0.3) is 16.9 Å². The summed E-state index contributed by atoms with van der Waals surface area (Å²) in [5.74, 6) is -0.638. The second kappa shape index (κ2) is 6.36. The third-order valence-corrected chi connectivity index (χ3v) is 3.49. The Balaban J connectivity index is 2.11. The van der Waals surface area contributed by atoms with Crippen molar-refractivity contribution >= 4 is 5.65 Å². The summed E-state index contributed by atoms with van der Waals surface area (Å²) in [6, 6.07) is 6.29. The molecule has 0 saturated carbocycles. The number of hydrogen-bond donors (Lipinski definition) is 0. The van der Waals surface area contributed by atoms with E-state index in [0.717, 1.165) is 10.6 Å². The largest absolute Gasteiger partial charge is 0.416 e. The summed E-state index contributed by atoms with van der Waals surface area (Å²) >= 11 is 0. The molecular weight excluding hydrogens is 347 g/mol. The van der Waals surface area contributed by atoms with Crippen LogP contribution in [0.1, 0.15) is 23.4 Å². The smallest absolute Gasteiger partial charge is 0.380 e. The molecule has 3 rings (SSSR count). The number of nitrogens with zero attached hydrogens (tertiary/aromatic N) is 4. The Morgan fingerprint density at radius 1 is 1.12 bits per heavy atom. The molecule has 1 aromatic carbocycles. The molecule has 0 bridgehead atoms. The van der Waals surface area contributed by atoms with E-state index in [9.17, 15) is 22.0 Å². The van der Waals surface area contributed by atoms with Gasteiger partial charge in [-0.3, -0.25) is 0 Å². The van der Waals surface area contributed by atoms with Gasteiger partial charge in [-0.05, 0) is 29.8 Å². The lowest BCUT2D eigenvalue weighted by Gasteiger charge is -2.14. The predicted octanol–water partition coefficient (Wildman–Crippen LogP) is 3.89. The van der Waals surface area contributed by atoms with Crippen molar-refractivity contribution in [3.8, 4) is 11.3 Å². The lowest BCUT2D eigenvalue weighted by Crippen LogP contribution is -2.10. The maximum Gasteiger partial charge on any atom is 0.416 e. The average Bonchev–Trinajstić information content (AvgIpc) is 2.97. The fourth-order valence-corrected chi connectivity index (χ4v) is 2.40. The van der Waals surface area contributed by atoms with Gasteiger partial charge >= 0.3 is 6.18 Å². The predicted molar refractivity (Wildman–Crippen MR) is 76.9 cm³/mol. The molecule has 0 spiro atoms. The van der Waals surface area contributed by atoms with Crippen molar-refractivity contribution in [2.75, 3.05) is 7.11 Å². The molecule has 3 aromatic rings. The second-order valence-electron chi connectivity index (χ2n) is 5.15. The van der Waals surface area contributed by atoms with Crippen LogP contribution in [0.5, 0.6) is 0 Å². The van der Waals surface area contributed by atoms with E-state index in [0.29, 0.717) is 5.56 Å². The van der Waals surface area contributed by atoms with Crippen LogP contribution in [-0.2, 0) is 17.5 Å². The first kappa shape index (κ1) is 17.2. The molecule has 25 heavy (non-hydrogen) atoms. The quantitative estimate of drug-likeness (QED) is 0.664. The molecule has 2 heterocycles. The summed E-state index contributed by atoms with van der Waals surface area (Å²) in [5.41, 5.74) is -0.247. The second-order valence-corrected chi connectivity index (χ2v) is 5.15. The van der Waals surface area contributed by atoms with Crippen molar-refractivity contribution in [2.24, 2.45) is 0 Å². The Kier molecular flexibility index (Phi) is 4.38. The van der Waals surface area contributed by atoms with Crippen LogP contribution in [0, 0.1) is 0 Å². The SMILES string of the molecule is COCc1cc(-c2ccc3nnc(C(F)F)n3n2)ccc1C(F)(F)F. The van der Waals surface area contributed by atoms with Crippen LogP contribution >= 0.6 is 0 Å². The maximum atomic E-state index is 13.0. The molecule has 0 amide bonds. The van der Waals surface area contributed by atoms with Crippen LogP contribution < -0.4 is 0 Å². The van der Waals surface area contributed by atoms with Gasteiger partial charge in [0.2, 0.25) is 5.82 Å². The van der Waals surface area contributed by atoms with E-state index in [1.54, 1.807) is 0 Å². The van der Waals surface area contributed by atoms with E-state index in [1.165, 1.54) is 31.4 Å². The first-order chi connectivity index (χ1) is 11.8. The summed E-state index contributed by atoms with van der Waals surface area (Å²) in [4.78, 5) is 0. The van der Waals surface area contributed by atoms with Gasteiger partial charge in [-0.2, -0.15) is 22.8 Å². The van der Waals surface area contributed by atoms with Gasteiger partial charge in [0.1, 0.15) is 0 Å². The lowest BCUT2D eigenvalue weighted by atomic mass is 10.0. The number of hydrogen-bond acceptors (Lipinski definition) is 4. The summed E-state index contributed by atoms with van der Waals surface area (Å²) in [5, 5.41) is 10.9. The summed E-state index contributed by atoms with van der Waals surface area (Å²) in [6.07, 6.45) is -7.41. The molecule has 0 aliphatic carbocycles. The Morgan fingerprint density at radius 2 is 1.88 bits per heavy atom. The number of methoxy groups -OCH3 is 1. The van der Waals surface area contributed by atoms with Gasteiger partial charge in [0.05, 0.1) is 17.9 Å². The summed E-state index contributed by atoms with van der Waals surface area (Å²) < 4.78 is 70.6. The van der Waals surface area contributed by atoms with Gasteiger partial charge in [-0.1, -0.05) is 6.07 Å². The van der Waals surface area contributed by atoms with Gasteiger partial charge in [0.25, 0.3) is 6.43 Å². The zero-order chi connectivity index (χ0) is 18.2. The highest BCUT2D eigenvalue weighted by Crippen LogP contribution is 2.34. The van der Waals surface area contributed by atoms with E-state index in [1.807, 2.05) is 0 Å². The highest BCUT2D eigenvalue weighted by atomic mass is 19.4. The molecule has 0 aliphatic heterocycles. The standard InChI is InChI=1S/C15H11F5N4O/c1-25-7-9-6-8(2-3-10(9)15(18,19)20)11-4-5-12-21-22-14(13(16)17)24(12)23-11/h2-6,13H,7H2,1H3. The maximum absolute atomic E-state index is 13.0. The fourth-order valence-electron chi connectivity index (χ4n) is 2.40. The molecule has 0 atom stereocenters. The lowest BCUT2D eigenvalue weighted by molar-refractivity contribution is -0.138. The highest BCUT2D eigenvalue weighted by molar-refractivity contribution is 5.62. The van der Waals surface area contributed by atoms with Crippen LogP contribution in [0.4, 0.5) is 22.0 Å². The van der Waals surface area contributed by atoms with E-state index in [2.05, 4.69) is 15.3 Å². The van der Waals surface area contributed by atoms with Gasteiger partial charge in [-0.15, -0.1) is 10.2 Å². The Labute approximate surface area is 138 Å². The molecule has 0 saturated heterocycles. The van der Waals surface area contributed by atoms with Crippen LogP contribution in [0.3, 0.4) is 0 Å². The van der Waals surface area contributed by atoms with Gasteiger partial charge in [0, 0.05) is 12.7 Å². The molecule has 10 heteroatoms. The van der Waals surface area contributed by atoms with E-state index in [4.69, 9.17) is 4.74 Å². The first-order valence-electron chi connectivity index (χ1n) is 7.01. The normalized spacial score (nSPS) is 12.3. The number of halogens is 5. The van der Waals surface area contributed by atoms with Gasteiger partial charge in [0.15, 0.2) is 5.65 Å². The van der Waals surface area contributed by atoms with E-state index >= 15 is 0 Å². The number of benzene rings is 1. The minimum Gasteiger partial charge on any atom is -0.380 e. The topological polar surface area (TPSA) is 52.3 Å². The van der Waals surface area contributed by atoms with Crippen molar-refractivity contribution in [2.45, 2.75) is 19.2 Å². The van der Waals surface area contributed by atoms with Gasteiger partial charge < -0.3 is 4.74 Å². The monoisotopic (exact) mass is 358 g/mol. The molecule has 0 radical (unpaired) electrons. The molecular formula is C15H11F5N4O. The average molecular weight is 358 g/mol. The van der Waals surface area contributed by atoms with Gasteiger partial charge in [-0.25, -0.2) is 8.78 Å². The summed E-state index contributed by atoms with van der Waals surface area (Å²) in [7, 11) is 1.28. The summed E-state index contributed by atoms with van der Waals surface area (Å²) in [6.45, 7) is -0.250. The number of alkyl halides is 5. The number of aromatic nitrogens is 4. The number of rotatable bonds is 4. The Bertz CT molecular complexity index is 907. The minimum atomic E-state index is -4.53. The van der Waals surface area contributed by atoms with Crippen LogP contribution in [-0.4, -0.2) is 26.9 Å². The Morgan fingerprint density at radius 3 is 2.52 bits per heavy atom. The third kappa shape index (κ3) is 3.29. The third-order valence-electron chi connectivity index (χ3n) is 3.49. The van der Waals surface area contributed by atoms with Crippen LogP contribution in [0.2, 0.25) is 0 Å². The molecule has 2 aromatic heterocycles. The molecule has 5 nitrogen and oxygen atoms in total. The van der Waals surface area contributed by atoms with Crippen molar-refractivity contribution < 1.29 is 26.7 Å². The van der Waals surface area contributed by atoms with E-state index in [-0.39, 0.29) is 23.5 Å². The van der Waals surface area contributed by atoms with Crippen molar-refractivity contribution in [1.29, 1.82) is 0 Å². The molecule has 132 valence electrons. The minimum absolute atomic E-state index is 0.0766. The molecule has 0 N–H and O–H groups in total. The molecule has 0 fully saturated rings. The first-order valence-corrected chi connectivity index (χ1v) is 7.01. The van der Waals surface area contributed by atoms with Crippen molar-refractivity contribution in [1.82, 2.24) is 19.8 Å². The molecule has 0 aliphatic rings. The zero-order valence-electron chi connectivity index (χ0n) is 12.8. The van der Waals surface area contributed by atoms with Crippen molar-refractivity contribution in [3.63, 3.8) is 0 Å². The number of fused-ring (bicyclic) bond motifs is 1. The Hall–Kier alpha value is -2.62. The fraction of sp³-hybridized carbons (Fsp3) is 0.267. The van der Waals surface area contributed by atoms with Crippen LogP contribution in [0.15, 0.2) is 30.3 Å². The van der Waals surface area contributed by atoms with Crippen molar-refractivity contribution in [3.05, 3.63) is 47.3 Å². The number of ether oxygens (including phenoxy) is 1. The zero-order valence-corrected chi connectivity index (χ0v) is 12.8. The van der Waals surface area contributed by atoms with E-state index < -0.39 is 24.0 Å². The highest BCUT2D eigenvalue weighted by Gasteiger charge is 2.33.